The normalized spacial score (nSPS) is 25.7. The number of H-pyrrole nitrogens is 1. The Kier molecular flexibility index (Phi) is 5.81. The number of amides is 3. The second-order valence-corrected chi connectivity index (χ2v) is 9.30. The van der Waals surface area contributed by atoms with Gasteiger partial charge in [0.1, 0.15) is 23.5 Å². The van der Waals surface area contributed by atoms with E-state index in [1.807, 2.05) is 11.1 Å². The summed E-state index contributed by atoms with van der Waals surface area (Å²) in [6.45, 7) is 0. The van der Waals surface area contributed by atoms with Gasteiger partial charge >= 0.3 is 6.18 Å². The minimum absolute atomic E-state index is 0.0155. The largest absolute Gasteiger partial charge is 0.431 e. The molecule has 8 nitrogen and oxygen atoms in total. The summed E-state index contributed by atoms with van der Waals surface area (Å²) in [5.74, 6) is -6.92. The van der Waals surface area contributed by atoms with Gasteiger partial charge in [-0.15, -0.1) is 0 Å². The predicted octanol–water partition coefficient (Wildman–Crippen LogP) is 2.24. The highest BCUT2D eigenvalue weighted by Crippen LogP contribution is 2.51. The second-order valence-electron chi connectivity index (χ2n) is 9.30. The number of hydrogen-bond donors (Lipinski definition) is 4. The average molecular weight is 487 g/mol. The molecule has 4 atom stereocenters. The van der Waals surface area contributed by atoms with Crippen LogP contribution in [0.15, 0.2) is 12.1 Å². The lowest BCUT2D eigenvalue weighted by atomic mass is 9.95. The smallest absolute Gasteiger partial charge is 0.350 e. The summed E-state index contributed by atoms with van der Waals surface area (Å²) < 4.78 is 65.3. The molecule has 0 radical (unpaired) electrons. The van der Waals surface area contributed by atoms with Crippen LogP contribution in [0.1, 0.15) is 54.7 Å². The highest BCUT2D eigenvalue weighted by Gasteiger charge is 2.58. The molecule has 184 valence electrons. The van der Waals surface area contributed by atoms with Crippen LogP contribution in [0.2, 0.25) is 0 Å². The van der Waals surface area contributed by atoms with Gasteiger partial charge in [0, 0.05) is 23.8 Å². The van der Waals surface area contributed by atoms with Gasteiger partial charge in [0.25, 0.3) is 11.8 Å². The molecule has 1 aromatic rings. The standard InChI is InChI=1S/C21H22F5N5O3/c22-20(23)8-11(20)6-14(30-17(33)13-1-2-15(29-13)21(24,25)26)18(34)28-12(9-27)5-10-7-19(3-4-19)31-16(10)32/h1-2,10-12,14,29H,3-8H2,(H,28,34)(H,30,33)(H,31,32). The number of carbonyl (C=O) groups excluding carboxylic acids is 3. The Hall–Kier alpha value is -3.17. The maximum atomic E-state index is 13.5. The van der Waals surface area contributed by atoms with Crippen LogP contribution in [-0.2, 0) is 15.8 Å². The third-order valence-electron chi connectivity index (χ3n) is 6.58. The van der Waals surface area contributed by atoms with Gasteiger partial charge in [0.05, 0.1) is 6.07 Å². The van der Waals surface area contributed by atoms with Gasteiger partial charge in [-0.1, -0.05) is 0 Å². The minimum Gasteiger partial charge on any atom is -0.350 e. The topological polar surface area (TPSA) is 127 Å². The number of alkyl halides is 5. The molecule has 2 aliphatic carbocycles. The molecule has 34 heavy (non-hydrogen) atoms. The summed E-state index contributed by atoms with van der Waals surface area (Å²) in [5, 5.41) is 16.9. The van der Waals surface area contributed by atoms with E-state index in [1.165, 1.54) is 0 Å². The molecular formula is C21H22F5N5O3. The van der Waals surface area contributed by atoms with E-state index < -0.39 is 72.1 Å². The van der Waals surface area contributed by atoms with Gasteiger partial charge < -0.3 is 20.9 Å². The fraction of sp³-hybridized carbons (Fsp3) is 0.619. The van der Waals surface area contributed by atoms with Crippen LogP contribution in [0.3, 0.4) is 0 Å². The lowest BCUT2D eigenvalue weighted by molar-refractivity contribution is -0.140. The van der Waals surface area contributed by atoms with E-state index in [1.54, 1.807) is 0 Å². The number of aromatic nitrogens is 1. The van der Waals surface area contributed by atoms with E-state index in [-0.39, 0.29) is 17.9 Å². The number of halogens is 5. The molecule has 3 fully saturated rings. The summed E-state index contributed by atoms with van der Waals surface area (Å²) in [7, 11) is 0. The minimum atomic E-state index is -4.73. The predicted molar refractivity (Wildman–Crippen MR) is 105 cm³/mol. The lowest BCUT2D eigenvalue weighted by Crippen LogP contribution is -2.50. The molecule has 4 rings (SSSR count). The fourth-order valence-electron chi connectivity index (χ4n) is 4.32. The monoisotopic (exact) mass is 487 g/mol. The second kappa shape index (κ2) is 8.25. The Balaban J connectivity index is 1.41. The summed E-state index contributed by atoms with van der Waals surface area (Å²) in [6.07, 6.45) is -3.43. The molecule has 13 heteroatoms. The van der Waals surface area contributed by atoms with Crippen molar-refractivity contribution in [3.63, 3.8) is 0 Å². The van der Waals surface area contributed by atoms with Crippen LogP contribution in [0, 0.1) is 23.2 Å². The zero-order chi connectivity index (χ0) is 24.9. The SMILES string of the molecule is N#CC(CC1CC2(CC2)NC1=O)NC(=O)C(CC1CC1(F)F)NC(=O)c1ccc(C(F)(F)F)[nH]1. The highest BCUT2D eigenvalue weighted by atomic mass is 19.4. The third kappa shape index (κ3) is 5.15. The summed E-state index contributed by atoms with van der Waals surface area (Å²) in [5.41, 5.74) is -1.91. The molecule has 1 aromatic heterocycles. The van der Waals surface area contributed by atoms with Crippen LogP contribution in [0.5, 0.6) is 0 Å². The molecular weight excluding hydrogens is 465 g/mol. The number of carbonyl (C=O) groups is 3. The van der Waals surface area contributed by atoms with Crippen LogP contribution in [0.25, 0.3) is 0 Å². The quantitative estimate of drug-likeness (QED) is 0.420. The Labute approximate surface area is 190 Å². The first kappa shape index (κ1) is 24.0. The molecule has 1 spiro atoms. The van der Waals surface area contributed by atoms with Gasteiger partial charge in [0.15, 0.2) is 0 Å². The highest BCUT2D eigenvalue weighted by molar-refractivity contribution is 5.96. The van der Waals surface area contributed by atoms with Crippen molar-refractivity contribution in [3.8, 4) is 6.07 Å². The first-order valence-corrected chi connectivity index (χ1v) is 10.8. The Bertz CT molecular complexity index is 1040. The van der Waals surface area contributed by atoms with Crippen molar-refractivity contribution in [1.29, 1.82) is 5.26 Å². The zero-order valence-electron chi connectivity index (χ0n) is 17.8. The van der Waals surface area contributed by atoms with E-state index in [0.717, 1.165) is 18.9 Å². The molecule has 1 saturated heterocycles. The van der Waals surface area contributed by atoms with E-state index in [0.29, 0.717) is 12.5 Å². The van der Waals surface area contributed by atoms with Gasteiger partial charge in [-0.2, -0.15) is 18.4 Å². The van der Waals surface area contributed by atoms with Crippen molar-refractivity contribution in [2.75, 3.05) is 0 Å². The molecule has 4 unspecified atom stereocenters. The summed E-state index contributed by atoms with van der Waals surface area (Å²) in [6, 6.07) is 0.756. The molecule has 3 amide bonds. The Morgan fingerprint density at radius 1 is 1.18 bits per heavy atom. The van der Waals surface area contributed by atoms with Crippen LogP contribution in [0.4, 0.5) is 22.0 Å². The van der Waals surface area contributed by atoms with Crippen LogP contribution < -0.4 is 16.0 Å². The van der Waals surface area contributed by atoms with Crippen LogP contribution in [-0.4, -0.2) is 46.3 Å². The van der Waals surface area contributed by atoms with Gasteiger partial charge in [0.2, 0.25) is 11.8 Å². The third-order valence-corrected chi connectivity index (χ3v) is 6.58. The Morgan fingerprint density at radius 2 is 1.85 bits per heavy atom. The van der Waals surface area contributed by atoms with Gasteiger partial charge in [-0.05, 0) is 44.2 Å². The lowest BCUT2D eigenvalue weighted by Gasteiger charge is -2.21. The Morgan fingerprint density at radius 3 is 2.35 bits per heavy atom. The van der Waals surface area contributed by atoms with Crippen molar-refractivity contribution in [3.05, 3.63) is 23.5 Å². The maximum absolute atomic E-state index is 13.5. The molecule has 3 aliphatic rings. The first-order valence-electron chi connectivity index (χ1n) is 10.8. The van der Waals surface area contributed by atoms with Crippen molar-refractivity contribution >= 4 is 17.7 Å². The summed E-state index contributed by atoms with van der Waals surface area (Å²) >= 11 is 0. The van der Waals surface area contributed by atoms with E-state index >= 15 is 0 Å². The number of aromatic amines is 1. The van der Waals surface area contributed by atoms with Gasteiger partial charge in [-0.25, -0.2) is 8.78 Å². The van der Waals surface area contributed by atoms with Crippen molar-refractivity contribution in [2.24, 2.45) is 11.8 Å². The number of rotatable bonds is 8. The molecule has 0 bridgehead atoms. The number of nitrogens with one attached hydrogen (secondary N) is 4. The van der Waals surface area contributed by atoms with Crippen molar-refractivity contribution < 1.29 is 36.3 Å². The molecule has 4 N–H and O–H groups in total. The molecule has 2 heterocycles. The van der Waals surface area contributed by atoms with Crippen molar-refractivity contribution in [1.82, 2.24) is 20.9 Å². The van der Waals surface area contributed by atoms with Crippen molar-refractivity contribution in [2.45, 2.75) is 68.2 Å². The first-order chi connectivity index (χ1) is 15.8. The maximum Gasteiger partial charge on any atom is 0.431 e. The average Bonchev–Trinajstić information content (AvgIpc) is 3.46. The molecule has 2 saturated carbocycles. The van der Waals surface area contributed by atoms with E-state index in [9.17, 15) is 41.6 Å². The van der Waals surface area contributed by atoms with E-state index in [2.05, 4.69) is 16.0 Å². The van der Waals surface area contributed by atoms with E-state index in [4.69, 9.17) is 0 Å². The summed E-state index contributed by atoms with van der Waals surface area (Å²) in [4.78, 5) is 39.3. The number of nitriles is 1. The fourth-order valence-corrected chi connectivity index (χ4v) is 4.32. The zero-order valence-corrected chi connectivity index (χ0v) is 17.8. The molecule has 1 aliphatic heterocycles. The number of nitrogens with zero attached hydrogens (tertiary/aromatic N) is 1. The molecule has 0 aromatic carbocycles. The number of hydrogen-bond acceptors (Lipinski definition) is 4. The van der Waals surface area contributed by atoms with Gasteiger partial charge in [-0.3, -0.25) is 14.4 Å². The van der Waals surface area contributed by atoms with Crippen LogP contribution >= 0.6 is 0 Å².